The second kappa shape index (κ2) is 12.1. The van der Waals surface area contributed by atoms with Crippen LogP contribution in [-0.2, 0) is 16.1 Å². The first-order valence-electron chi connectivity index (χ1n) is 16.4. The van der Waals surface area contributed by atoms with Gasteiger partial charge in [-0.25, -0.2) is 4.79 Å². The summed E-state index contributed by atoms with van der Waals surface area (Å²) in [6.45, 7) is 3.88. The predicted octanol–water partition coefficient (Wildman–Crippen LogP) is 7.56. The van der Waals surface area contributed by atoms with Gasteiger partial charge in [0.2, 0.25) is 5.91 Å². The van der Waals surface area contributed by atoms with E-state index in [4.69, 9.17) is 5.11 Å². The van der Waals surface area contributed by atoms with Crippen molar-refractivity contribution in [3.05, 3.63) is 76.2 Å². The van der Waals surface area contributed by atoms with E-state index in [2.05, 4.69) is 58.3 Å². The van der Waals surface area contributed by atoms with Gasteiger partial charge < -0.3 is 25.2 Å². The van der Waals surface area contributed by atoms with Crippen molar-refractivity contribution in [3.63, 3.8) is 0 Å². The second-order valence-corrected chi connectivity index (χ2v) is 14.2. The lowest BCUT2D eigenvalue weighted by molar-refractivity contribution is -0.131. The molecule has 0 unspecified atom stereocenters. The number of carboxylic acids is 1. The molecule has 1 aliphatic heterocycles. The molecule has 0 atom stereocenters. The molecule has 238 valence electrons. The summed E-state index contributed by atoms with van der Waals surface area (Å²) in [6, 6.07) is 15.8. The van der Waals surface area contributed by atoms with Crippen molar-refractivity contribution in [2.45, 2.75) is 76.3 Å². The molecule has 0 radical (unpaired) electrons. The molecule has 9 heteroatoms. The Labute approximate surface area is 273 Å². The molecule has 2 fully saturated rings. The maximum atomic E-state index is 13.9. The number of anilines is 2. The van der Waals surface area contributed by atoms with E-state index in [1.165, 1.54) is 71.0 Å². The molecule has 7 rings (SSSR count). The van der Waals surface area contributed by atoms with Crippen molar-refractivity contribution in [1.82, 2.24) is 9.88 Å². The maximum Gasteiger partial charge on any atom is 0.328 e. The van der Waals surface area contributed by atoms with Crippen molar-refractivity contribution >= 4 is 56.8 Å². The number of amides is 2. The number of carboxylic acid groups (broad SMARTS) is 1. The van der Waals surface area contributed by atoms with Gasteiger partial charge in [-0.1, -0.05) is 43.5 Å². The molecule has 0 spiro atoms. The first kappa shape index (κ1) is 30.3. The van der Waals surface area contributed by atoms with Gasteiger partial charge in [-0.05, 0) is 92.0 Å². The van der Waals surface area contributed by atoms with Crippen molar-refractivity contribution < 1.29 is 19.5 Å². The molecule has 3 aliphatic rings. The number of fused-ring (bicyclic) bond motifs is 5. The number of benzene rings is 2. The van der Waals surface area contributed by atoms with E-state index in [1.807, 2.05) is 0 Å². The quantitative estimate of drug-likeness (QED) is 0.182. The van der Waals surface area contributed by atoms with E-state index in [9.17, 15) is 14.4 Å². The highest BCUT2D eigenvalue weighted by atomic mass is 32.1. The Morgan fingerprint density at radius 3 is 2.43 bits per heavy atom. The lowest BCUT2D eigenvalue weighted by atomic mass is 9.75. The molecule has 3 heterocycles. The van der Waals surface area contributed by atoms with Crippen molar-refractivity contribution in [1.29, 1.82) is 0 Å². The van der Waals surface area contributed by atoms with Gasteiger partial charge in [0, 0.05) is 43.2 Å². The van der Waals surface area contributed by atoms with E-state index in [0.29, 0.717) is 29.3 Å². The molecule has 0 bridgehead atoms. The topological polar surface area (TPSA) is 104 Å². The zero-order chi connectivity index (χ0) is 32.0. The number of carbonyl (C=O) groups excluding carboxylic acids is 2. The summed E-state index contributed by atoms with van der Waals surface area (Å²) >= 11 is 1.58. The number of aliphatic carboxylic acids is 1. The fourth-order valence-corrected chi connectivity index (χ4v) is 8.58. The standard InChI is InChI=1S/C37H40N4O4S/c1-23-9-15-27-28(21-23)40(2)19-20-41-29-22-30(46-34(29)32(33(27)41)25-7-4-3-5-8-25)35(44)39-37(17-6-18-37)36(45)38-26-13-10-24(11-14-26)12-16-31(42)43/h9-16,21-22,25H,3-8,17-20H2,1-2H3,(H,38,45)(H,39,44)(H,42,43). The molecular weight excluding hydrogens is 596 g/mol. The van der Waals surface area contributed by atoms with Gasteiger partial charge >= 0.3 is 5.97 Å². The van der Waals surface area contributed by atoms with Crippen LogP contribution in [-0.4, -0.2) is 46.6 Å². The van der Waals surface area contributed by atoms with Gasteiger partial charge in [0.15, 0.2) is 0 Å². The zero-order valence-corrected chi connectivity index (χ0v) is 27.2. The highest BCUT2D eigenvalue weighted by molar-refractivity contribution is 7.21. The first-order valence-corrected chi connectivity index (χ1v) is 17.2. The van der Waals surface area contributed by atoms with Gasteiger partial charge in [-0.2, -0.15) is 0 Å². The number of aryl methyl sites for hydroxylation is 1. The molecule has 2 aromatic carbocycles. The largest absolute Gasteiger partial charge is 0.478 e. The number of nitrogens with zero attached hydrogens (tertiary/aromatic N) is 2. The lowest BCUT2D eigenvalue weighted by Gasteiger charge is -2.40. The van der Waals surface area contributed by atoms with Crippen LogP contribution in [0.4, 0.5) is 11.4 Å². The van der Waals surface area contributed by atoms with E-state index in [1.54, 1.807) is 35.6 Å². The fraction of sp³-hybridized carbons (Fsp3) is 0.378. The predicted molar refractivity (Wildman–Crippen MR) is 185 cm³/mol. The van der Waals surface area contributed by atoms with E-state index >= 15 is 0 Å². The average Bonchev–Trinajstić information content (AvgIpc) is 3.55. The Balaban J connectivity index is 1.19. The van der Waals surface area contributed by atoms with E-state index in [-0.39, 0.29) is 11.8 Å². The lowest BCUT2D eigenvalue weighted by Crippen LogP contribution is -2.61. The van der Waals surface area contributed by atoms with Crippen molar-refractivity contribution in [3.8, 4) is 11.3 Å². The van der Waals surface area contributed by atoms with Gasteiger partial charge in [-0.3, -0.25) is 9.59 Å². The molecular formula is C37H40N4O4S. The molecule has 46 heavy (non-hydrogen) atoms. The average molecular weight is 637 g/mol. The van der Waals surface area contributed by atoms with Crippen molar-refractivity contribution in [2.75, 3.05) is 23.8 Å². The SMILES string of the molecule is Cc1ccc2c(c1)N(C)CCn1c-2c(C2CCCCC2)c2sc(C(=O)NC3(C(=O)Nc4ccc(C=CC(=O)O)cc4)CCC3)cc21. The molecule has 2 saturated carbocycles. The summed E-state index contributed by atoms with van der Waals surface area (Å²) in [6.07, 6.45) is 10.7. The normalized spacial score (nSPS) is 17.7. The summed E-state index contributed by atoms with van der Waals surface area (Å²) in [5.74, 6) is -0.972. The van der Waals surface area contributed by atoms with Crippen molar-refractivity contribution in [2.24, 2.45) is 0 Å². The number of hydrogen-bond donors (Lipinski definition) is 3. The van der Waals surface area contributed by atoms with E-state index in [0.717, 1.165) is 36.7 Å². The van der Waals surface area contributed by atoms with Gasteiger partial charge in [0.05, 0.1) is 20.8 Å². The Hall–Kier alpha value is -4.37. The molecule has 0 saturated heterocycles. The number of carbonyl (C=O) groups is 3. The minimum atomic E-state index is -1.02. The monoisotopic (exact) mass is 636 g/mol. The first-order chi connectivity index (χ1) is 22.2. The summed E-state index contributed by atoms with van der Waals surface area (Å²) < 4.78 is 3.66. The summed E-state index contributed by atoms with van der Waals surface area (Å²) in [4.78, 5) is 41.3. The molecule has 2 aromatic heterocycles. The maximum absolute atomic E-state index is 13.9. The number of rotatable bonds is 7. The third-order valence-corrected chi connectivity index (χ3v) is 11.2. The summed E-state index contributed by atoms with van der Waals surface area (Å²) in [7, 11) is 2.17. The zero-order valence-electron chi connectivity index (χ0n) is 26.4. The minimum absolute atomic E-state index is 0.198. The summed E-state index contributed by atoms with van der Waals surface area (Å²) in [5, 5.41) is 15.0. The highest BCUT2D eigenvalue weighted by Crippen LogP contribution is 2.49. The number of hydrogen-bond acceptors (Lipinski definition) is 5. The van der Waals surface area contributed by atoms with Crippen LogP contribution in [0.2, 0.25) is 0 Å². The van der Waals surface area contributed by atoms with Crippen LogP contribution in [0.3, 0.4) is 0 Å². The minimum Gasteiger partial charge on any atom is -0.478 e. The number of aromatic nitrogens is 1. The van der Waals surface area contributed by atoms with Crippen LogP contribution < -0.4 is 15.5 Å². The van der Waals surface area contributed by atoms with Gasteiger partial charge in [0.25, 0.3) is 5.91 Å². The Morgan fingerprint density at radius 1 is 0.978 bits per heavy atom. The highest BCUT2D eigenvalue weighted by Gasteiger charge is 2.46. The van der Waals surface area contributed by atoms with Gasteiger partial charge in [0.1, 0.15) is 5.54 Å². The number of nitrogens with one attached hydrogen (secondary N) is 2. The van der Waals surface area contributed by atoms with E-state index < -0.39 is 11.5 Å². The van der Waals surface area contributed by atoms with Crippen LogP contribution in [0.5, 0.6) is 0 Å². The molecule has 8 nitrogen and oxygen atoms in total. The number of thiophene rings is 1. The molecule has 4 aromatic rings. The molecule has 2 amide bonds. The third kappa shape index (κ3) is 5.51. The van der Waals surface area contributed by atoms with Crippen LogP contribution in [0, 0.1) is 6.92 Å². The molecule has 2 aliphatic carbocycles. The second-order valence-electron chi connectivity index (χ2n) is 13.2. The van der Waals surface area contributed by atoms with Crippen LogP contribution >= 0.6 is 11.3 Å². The van der Waals surface area contributed by atoms with Gasteiger partial charge in [-0.15, -0.1) is 11.3 Å². The summed E-state index contributed by atoms with van der Waals surface area (Å²) in [5.41, 5.74) is 8.00. The van der Waals surface area contributed by atoms with Crippen LogP contribution in [0.1, 0.15) is 83.6 Å². The number of likely N-dealkylation sites (N-methyl/N-ethyl adjacent to an activating group) is 1. The van der Waals surface area contributed by atoms with Crippen LogP contribution in [0.25, 0.3) is 27.6 Å². The molecule has 3 N–H and O–H groups in total. The van der Waals surface area contributed by atoms with Crippen LogP contribution in [0.15, 0.2) is 54.6 Å². The Bertz CT molecular complexity index is 1860. The Kier molecular flexibility index (Phi) is 7.97. The third-order valence-electron chi connectivity index (χ3n) is 10.1. The smallest absolute Gasteiger partial charge is 0.328 e. The fourth-order valence-electron chi connectivity index (χ4n) is 7.39. The Morgan fingerprint density at radius 2 is 1.74 bits per heavy atom.